The molecule has 1 N–H and O–H groups in total. The van der Waals surface area contributed by atoms with Gasteiger partial charge in [-0.25, -0.2) is 4.98 Å². The third kappa shape index (κ3) is 2.83. The zero-order valence-electron chi connectivity index (χ0n) is 13.9. The Bertz CT molecular complexity index is 760. The van der Waals surface area contributed by atoms with Crippen LogP contribution in [-0.4, -0.2) is 28.8 Å². The molecule has 1 aliphatic heterocycles. The van der Waals surface area contributed by atoms with Crippen molar-refractivity contribution in [3.63, 3.8) is 0 Å². The van der Waals surface area contributed by atoms with Gasteiger partial charge in [0.05, 0.1) is 24.4 Å². The van der Waals surface area contributed by atoms with Crippen LogP contribution in [0.3, 0.4) is 0 Å². The Balaban J connectivity index is 1.87. The first-order chi connectivity index (χ1) is 11.7. The zero-order chi connectivity index (χ0) is 17.1. The van der Waals surface area contributed by atoms with Crippen molar-refractivity contribution >= 4 is 22.5 Å². The van der Waals surface area contributed by atoms with Gasteiger partial charge in [0.2, 0.25) is 0 Å². The highest BCUT2D eigenvalue weighted by molar-refractivity contribution is 7.13. The van der Waals surface area contributed by atoms with Crippen molar-refractivity contribution in [3.05, 3.63) is 52.5 Å². The second-order valence-electron chi connectivity index (χ2n) is 5.90. The lowest BCUT2D eigenvalue weighted by atomic mass is 9.76. The number of aromatic nitrogens is 1. The molecule has 124 valence electrons. The average molecular weight is 339 g/mol. The Labute approximate surface area is 146 Å². The summed E-state index contributed by atoms with van der Waals surface area (Å²) in [6.45, 7) is 4.07. The molecule has 1 saturated heterocycles. The highest BCUT2D eigenvalue weighted by Crippen LogP contribution is 2.44. The first-order valence-electron chi connectivity index (χ1n) is 8.19. The van der Waals surface area contributed by atoms with Gasteiger partial charge < -0.3 is 10.0 Å². The first-order valence-corrected chi connectivity index (χ1v) is 9.07. The predicted octanol–water partition coefficient (Wildman–Crippen LogP) is 3.60. The number of nitriles is 1. The summed E-state index contributed by atoms with van der Waals surface area (Å²) in [6.07, 6.45) is 4.92. The van der Waals surface area contributed by atoms with Gasteiger partial charge in [-0.1, -0.05) is 43.3 Å². The smallest absolute Gasteiger partial charge is 0.186 e. The lowest BCUT2D eigenvalue weighted by molar-refractivity contribution is 0.187. The van der Waals surface area contributed by atoms with Crippen molar-refractivity contribution in [2.45, 2.75) is 38.3 Å². The van der Waals surface area contributed by atoms with Crippen LogP contribution >= 0.6 is 11.3 Å². The van der Waals surface area contributed by atoms with Gasteiger partial charge in [-0.15, -0.1) is 11.3 Å². The molecular formula is C19H21N3OS. The van der Waals surface area contributed by atoms with Gasteiger partial charge in [-0.2, -0.15) is 5.26 Å². The molecule has 0 bridgehead atoms. The summed E-state index contributed by atoms with van der Waals surface area (Å²) in [5.74, 6) is 0.00799. The third-order valence-corrected chi connectivity index (χ3v) is 5.44. The second-order valence-corrected chi connectivity index (χ2v) is 6.74. The van der Waals surface area contributed by atoms with Crippen LogP contribution in [0.25, 0.3) is 6.08 Å². The number of benzene rings is 1. The molecule has 4 nitrogen and oxygen atoms in total. The van der Waals surface area contributed by atoms with E-state index in [0.29, 0.717) is 0 Å². The molecule has 0 aliphatic carbocycles. The Morgan fingerprint density at radius 2 is 2.12 bits per heavy atom. The van der Waals surface area contributed by atoms with Gasteiger partial charge in [0.15, 0.2) is 5.13 Å². The summed E-state index contributed by atoms with van der Waals surface area (Å²) in [5.41, 5.74) is 3.26. The number of aliphatic hydroxyl groups excluding tert-OH is 1. The molecule has 24 heavy (non-hydrogen) atoms. The van der Waals surface area contributed by atoms with Crippen molar-refractivity contribution < 1.29 is 5.11 Å². The van der Waals surface area contributed by atoms with Crippen LogP contribution < -0.4 is 4.90 Å². The number of thiazole rings is 1. The lowest BCUT2D eigenvalue weighted by Crippen LogP contribution is -2.63. The molecule has 0 radical (unpaired) electrons. The van der Waals surface area contributed by atoms with E-state index in [1.807, 2.05) is 29.4 Å². The summed E-state index contributed by atoms with van der Waals surface area (Å²) in [5, 5.41) is 22.4. The second kappa shape index (κ2) is 7.16. The highest BCUT2D eigenvalue weighted by atomic mass is 32.1. The van der Waals surface area contributed by atoms with E-state index in [4.69, 9.17) is 0 Å². The number of anilines is 1. The molecule has 2 aromatic rings. The molecule has 1 aliphatic rings. The maximum Gasteiger partial charge on any atom is 0.186 e. The average Bonchev–Trinajstić information content (AvgIpc) is 3.05. The fraction of sp³-hybridized carbons (Fsp3) is 0.368. The summed E-state index contributed by atoms with van der Waals surface area (Å²) in [7, 11) is 0. The molecule has 3 rings (SSSR count). The van der Waals surface area contributed by atoms with Crippen LogP contribution in [0.4, 0.5) is 5.13 Å². The minimum Gasteiger partial charge on any atom is -0.394 e. The standard InChI is InChI=1S/C19H21N3OS/c1-3-5-13-6-8-14(9-7-13)18-16(10-20)22(17(18)11-23)19-21-15(4-2)12-24-19/h3,5-9,12,16-18,23H,4,11H2,1-2H3/t16-,17-,18-/m1/s1. The molecule has 3 atom stereocenters. The van der Waals surface area contributed by atoms with Crippen LogP contribution in [0.1, 0.15) is 36.6 Å². The van der Waals surface area contributed by atoms with Crippen molar-refractivity contribution in [2.75, 3.05) is 11.5 Å². The van der Waals surface area contributed by atoms with Gasteiger partial charge in [0, 0.05) is 11.3 Å². The van der Waals surface area contributed by atoms with E-state index in [2.05, 4.69) is 42.2 Å². The number of aryl methyl sites for hydroxylation is 1. The Hall–Kier alpha value is -2.16. The largest absolute Gasteiger partial charge is 0.394 e. The molecule has 0 amide bonds. The topological polar surface area (TPSA) is 60.2 Å². The fourth-order valence-electron chi connectivity index (χ4n) is 3.27. The summed E-state index contributed by atoms with van der Waals surface area (Å²) < 4.78 is 0. The van der Waals surface area contributed by atoms with Crippen molar-refractivity contribution in [2.24, 2.45) is 0 Å². The van der Waals surface area contributed by atoms with Crippen molar-refractivity contribution in [1.82, 2.24) is 4.98 Å². The highest BCUT2D eigenvalue weighted by Gasteiger charge is 2.50. The van der Waals surface area contributed by atoms with Crippen LogP contribution in [-0.2, 0) is 6.42 Å². The predicted molar refractivity (Wildman–Crippen MR) is 98.1 cm³/mol. The van der Waals surface area contributed by atoms with Gasteiger partial charge in [-0.05, 0) is 24.5 Å². The maximum absolute atomic E-state index is 9.88. The number of hydrogen-bond acceptors (Lipinski definition) is 5. The number of allylic oxidation sites excluding steroid dienone is 1. The van der Waals surface area contributed by atoms with E-state index in [0.717, 1.165) is 28.4 Å². The first kappa shape index (κ1) is 16.7. The minimum atomic E-state index is -0.287. The van der Waals surface area contributed by atoms with E-state index in [1.165, 1.54) is 0 Å². The summed E-state index contributed by atoms with van der Waals surface area (Å²) in [6, 6.07) is 10.2. The van der Waals surface area contributed by atoms with E-state index in [-0.39, 0.29) is 24.6 Å². The quantitative estimate of drug-likeness (QED) is 0.904. The van der Waals surface area contributed by atoms with E-state index < -0.39 is 0 Å². The van der Waals surface area contributed by atoms with Gasteiger partial charge in [0.1, 0.15) is 6.04 Å². The van der Waals surface area contributed by atoms with E-state index >= 15 is 0 Å². The van der Waals surface area contributed by atoms with Gasteiger partial charge in [-0.3, -0.25) is 0 Å². The van der Waals surface area contributed by atoms with Crippen LogP contribution in [0.2, 0.25) is 0 Å². The SMILES string of the molecule is CC=Cc1ccc([C@@H]2[C@@H](C#N)N(c3nc(CC)cs3)[C@@H]2CO)cc1. The number of aliphatic hydroxyl groups is 1. The van der Waals surface area contributed by atoms with Gasteiger partial charge >= 0.3 is 0 Å². The minimum absolute atomic E-state index is 0.00799. The molecule has 5 heteroatoms. The summed E-state index contributed by atoms with van der Waals surface area (Å²) >= 11 is 1.55. The molecule has 1 aromatic carbocycles. The number of rotatable bonds is 5. The van der Waals surface area contributed by atoms with E-state index in [9.17, 15) is 10.4 Å². The molecule has 0 spiro atoms. The van der Waals surface area contributed by atoms with Crippen molar-refractivity contribution in [3.8, 4) is 6.07 Å². The summed E-state index contributed by atoms with van der Waals surface area (Å²) in [4.78, 5) is 6.55. The Kier molecular flexibility index (Phi) is 4.98. The molecular weight excluding hydrogens is 318 g/mol. The third-order valence-electron chi connectivity index (χ3n) is 4.53. The monoisotopic (exact) mass is 339 g/mol. The fourth-order valence-corrected chi connectivity index (χ4v) is 4.27. The lowest BCUT2D eigenvalue weighted by Gasteiger charge is -2.51. The van der Waals surface area contributed by atoms with Crippen LogP contribution in [0.15, 0.2) is 35.7 Å². The zero-order valence-corrected chi connectivity index (χ0v) is 14.7. The molecule has 0 unspecified atom stereocenters. The molecule has 1 aromatic heterocycles. The normalized spacial score (nSPS) is 23.2. The maximum atomic E-state index is 9.88. The number of hydrogen-bond donors (Lipinski definition) is 1. The van der Waals surface area contributed by atoms with Crippen LogP contribution in [0.5, 0.6) is 0 Å². The Morgan fingerprint density at radius 1 is 1.38 bits per heavy atom. The molecule has 2 heterocycles. The van der Waals surface area contributed by atoms with Gasteiger partial charge in [0.25, 0.3) is 0 Å². The molecule has 0 saturated carbocycles. The van der Waals surface area contributed by atoms with Crippen LogP contribution in [0, 0.1) is 11.3 Å². The Morgan fingerprint density at radius 3 is 2.67 bits per heavy atom. The van der Waals surface area contributed by atoms with Crippen molar-refractivity contribution in [1.29, 1.82) is 5.26 Å². The molecule has 1 fully saturated rings. The number of nitrogens with zero attached hydrogens (tertiary/aromatic N) is 3. The van der Waals surface area contributed by atoms with E-state index in [1.54, 1.807) is 11.3 Å².